The molecule has 2 heterocycles. The van der Waals surface area contributed by atoms with Crippen molar-refractivity contribution in [2.75, 3.05) is 31.2 Å². The van der Waals surface area contributed by atoms with Crippen LogP contribution in [0.25, 0.3) is 0 Å². The third kappa shape index (κ3) is 2.77. The van der Waals surface area contributed by atoms with Crippen LogP contribution >= 0.6 is 0 Å². The summed E-state index contributed by atoms with van der Waals surface area (Å²) in [5.41, 5.74) is 5.78. The van der Waals surface area contributed by atoms with E-state index in [1.54, 1.807) is 0 Å². The molecule has 1 aromatic carbocycles. The zero-order chi connectivity index (χ0) is 15.7. The quantitative estimate of drug-likeness (QED) is 0.836. The lowest BCUT2D eigenvalue weighted by Gasteiger charge is -2.29. The Morgan fingerprint density at radius 3 is 2.41 bits per heavy atom. The van der Waals surface area contributed by atoms with Gasteiger partial charge in [-0.05, 0) is 25.0 Å². The fourth-order valence-electron chi connectivity index (χ4n) is 3.04. The first-order chi connectivity index (χ1) is 10.6. The van der Waals surface area contributed by atoms with E-state index >= 15 is 0 Å². The van der Waals surface area contributed by atoms with Crippen molar-refractivity contribution >= 4 is 17.5 Å². The zero-order valence-corrected chi connectivity index (χ0v) is 13.0. The van der Waals surface area contributed by atoms with Gasteiger partial charge < -0.3 is 4.74 Å². The molecule has 2 saturated heterocycles. The van der Waals surface area contributed by atoms with E-state index in [0.717, 1.165) is 29.9 Å². The summed E-state index contributed by atoms with van der Waals surface area (Å²) < 4.78 is 5.29. The van der Waals surface area contributed by atoms with Crippen LogP contribution in [0.1, 0.15) is 17.5 Å². The lowest BCUT2D eigenvalue weighted by atomic mass is 10.1. The number of carbonyl (C=O) groups is 2. The summed E-state index contributed by atoms with van der Waals surface area (Å²) >= 11 is 0. The maximum atomic E-state index is 12.7. The zero-order valence-electron chi connectivity index (χ0n) is 13.0. The van der Waals surface area contributed by atoms with Gasteiger partial charge in [-0.3, -0.25) is 9.59 Å². The molecule has 1 aromatic rings. The molecule has 6 nitrogen and oxygen atoms in total. The van der Waals surface area contributed by atoms with Crippen molar-refractivity contribution in [2.45, 2.75) is 26.3 Å². The SMILES string of the molecule is Cc1cccc(C)c1N1C(=O)CC(NN2CCOCC2)C1=O. The van der Waals surface area contributed by atoms with E-state index in [4.69, 9.17) is 4.74 Å². The molecule has 0 bridgehead atoms. The molecule has 3 rings (SSSR count). The van der Waals surface area contributed by atoms with Crippen LogP contribution in [0.2, 0.25) is 0 Å². The van der Waals surface area contributed by atoms with Gasteiger partial charge in [-0.25, -0.2) is 15.3 Å². The first-order valence-corrected chi connectivity index (χ1v) is 7.60. The van der Waals surface area contributed by atoms with Crippen LogP contribution in [0.4, 0.5) is 5.69 Å². The number of morpholine rings is 1. The number of hydrazine groups is 1. The van der Waals surface area contributed by atoms with Crippen LogP contribution in [0, 0.1) is 13.8 Å². The van der Waals surface area contributed by atoms with E-state index in [9.17, 15) is 9.59 Å². The monoisotopic (exact) mass is 303 g/mol. The van der Waals surface area contributed by atoms with Gasteiger partial charge >= 0.3 is 0 Å². The topological polar surface area (TPSA) is 61.9 Å². The number of hydrogen-bond donors (Lipinski definition) is 1. The van der Waals surface area contributed by atoms with E-state index in [-0.39, 0.29) is 18.2 Å². The Hall–Kier alpha value is -1.76. The molecule has 0 aliphatic carbocycles. The number of rotatable bonds is 3. The fourth-order valence-corrected chi connectivity index (χ4v) is 3.04. The number of para-hydroxylation sites is 1. The normalized spacial score (nSPS) is 23.4. The first-order valence-electron chi connectivity index (χ1n) is 7.60. The lowest BCUT2D eigenvalue weighted by Crippen LogP contribution is -2.52. The molecule has 2 amide bonds. The van der Waals surface area contributed by atoms with Crippen molar-refractivity contribution in [1.82, 2.24) is 10.4 Å². The molecule has 0 saturated carbocycles. The highest BCUT2D eigenvalue weighted by atomic mass is 16.5. The molecule has 118 valence electrons. The number of ether oxygens (including phenoxy) is 1. The third-order valence-electron chi connectivity index (χ3n) is 4.16. The van der Waals surface area contributed by atoms with Crippen LogP contribution < -0.4 is 10.3 Å². The average molecular weight is 303 g/mol. The van der Waals surface area contributed by atoms with Crippen molar-refractivity contribution in [3.8, 4) is 0 Å². The second-order valence-corrected chi connectivity index (χ2v) is 5.79. The summed E-state index contributed by atoms with van der Waals surface area (Å²) in [7, 11) is 0. The second kappa shape index (κ2) is 6.16. The molecule has 0 radical (unpaired) electrons. The van der Waals surface area contributed by atoms with Crippen LogP contribution in [0.3, 0.4) is 0 Å². The van der Waals surface area contributed by atoms with Crippen molar-refractivity contribution in [3.05, 3.63) is 29.3 Å². The van der Waals surface area contributed by atoms with Gasteiger partial charge in [0.05, 0.1) is 25.3 Å². The Labute approximate surface area is 130 Å². The number of aryl methyl sites for hydroxylation is 2. The van der Waals surface area contributed by atoms with Crippen LogP contribution in [0.5, 0.6) is 0 Å². The standard InChI is InChI=1S/C16H21N3O3/c1-11-4-3-5-12(2)15(11)19-14(20)10-13(16(19)21)17-18-6-8-22-9-7-18/h3-5,13,17H,6-10H2,1-2H3. The fraction of sp³-hybridized carbons (Fsp3) is 0.500. The van der Waals surface area contributed by atoms with Crippen LogP contribution in [0.15, 0.2) is 18.2 Å². The minimum absolute atomic E-state index is 0.145. The summed E-state index contributed by atoms with van der Waals surface area (Å²) in [6.45, 7) is 6.57. The minimum atomic E-state index is -0.482. The molecule has 0 aromatic heterocycles. The van der Waals surface area contributed by atoms with Crippen molar-refractivity contribution in [1.29, 1.82) is 0 Å². The maximum absolute atomic E-state index is 12.7. The van der Waals surface area contributed by atoms with E-state index in [2.05, 4.69) is 5.43 Å². The molecular weight excluding hydrogens is 282 g/mol. The smallest absolute Gasteiger partial charge is 0.252 e. The lowest BCUT2D eigenvalue weighted by molar-refractivity contribution is -0.122. The largest absolute Gasteiger partial charge is 0.379 e. The summed E-state index contributed by atoms with van der Waals surface area (Å²) in [5, 5.41) is 1.97. The number of nitrogens with zero attached hydrogens (tertiary/aromatic N) is 2. The van der Waals surface area contributed by atoms with Gasteiger partial charge in [-0.15, -0.1) is 0 Å². The Balaban J connectivity index is 1.79. The van der Waals surface area contributed by atoms with Gasteiger partial charge in [-0.2, -0.15) is 0 Å². The van der Waals surface area contributed by atoms with Gasteiger partial charge in [0, 0.05) is 13.1 Å². The highest BCUT2D eigenvalue weighted by Gasteiger charge is 2.41. The van der Waals surface area contributed by atoms with Gasteiger partial charge in [0.2, 0.25) is 5.91 Å². The predicted molar refractivity (Wildman–Crippen MR) is 82.3 cm³/mol. The molecule has 0 spiro atoms. The molecule has 2 aliphatic heterocycles. The van der Waals surface area contributed by atoms with Crippen molar-refractivity contribution < 1.29 is 14.3 Å². The van der Waals surface area contributed by atoms with Gasteiger partial charge in [0.15, 0.2) is 0 Å². The van der Waals surface area contributed by atoms with E-state index in [1.807, 2.05) is 37.1 Å². The highest BCUT2D eigenvalue weighted by molar-refractivity contribution is 6.23. The van der Waals surface area contributed by atoms with Crippen molar-refractivity contribution in [3.63, 3.8) is 0 Å². The van der Waals surface area contributed by atoms with Gasteiger partial charge in [0.1, 0.15) is 6.04 Å². The summed E-state index contributed by atoms with van der Waals surface area (Å²) in [4.78, 5) is 26.4. The number of carbonyl (C=O) groups excluding carboxylic acids is 2. The molecular formula is C16H21N3O3. The minimum Gasteiger partial charge on any atom is -0.379 e. The molecule has 2 fully saturated rings. The number of nitrogens with one attached hydrogen (secondary N) is 1. The summed E-state index contributed by atoms with van der Waals surface area (Å²) in [6.07, 6.45) is 0.198. The van der Waals surface area contributed by atoms with Crippen LogP contribution in [-0.2, 0) is 14.3 Å². The third-order valence-corrected chi connectivity index (χ3v) is 4.16. The van der Waals surface area contributed by atoms with E-state index < -0.39 is 6.04 Å². The summed E-state index contributed by atoms with van der Waals surface area (Å²) in [5.74, 6) is -0.318. The average Bonchev–Trinajstić information content (AvgIpc) is 2.76. The molecule has 22 heavy (non-hydrogen) atoms. The van der Waals surface area contributed by atoms with E-state index in [1.165, 1.54) is 4.90 Å². The number of benzene rings is 1. The van der Waals surface area contributed by atoms with Gasteiger partial charge in [0.25, 0.3) is 5.91 Å². The maximum Gasteiger partial charge on any atom is 0.252 e. The van der Waals surface area contributed by atoms with Crippen molar-refractivity contribution in [2.24, 2.45) is 0 Å². The molecule has 2 aliphatic rings. The highest BCUT2D eigenvalue weighted by Crippen LogP contribution is 2.29. The van der Waals surface area contributed by atoms with E-state index in [0.29, 0.717) is 13.2 Å². The van der Waals surface area contributed by atoms with Gasteiger partial charge in [-0.1, -0.05) is 18.2 Å². The first kappa shape index (κ1) is 15.1. The Morgan fingerprint density at radius 1 is 1.14 bits per heavy atom. The molecule has 1 unspecified atom stereocenters. The Bertz CT molecular complexity index is 576. The number of imide groups is 1. The number of hydrogen-bond acceptors (Lipinski definition) is 5. The Morgan fingerprint density at radius 2 is 1.77 bits per heavy atom. The molecule has 1 N–H and O–H groups in total. The second-order valence-electron chi connectivity index (χ2n) is 5.79. The number of amides is 2. The molecule has 6 heteroatoms. The Kier molecular flexibility index (Phi) is 4.24. The predicted octanol–water partition coefficient (Wildman–Crippen LogP) is 0.772. The summed E-state index contributed by atoms with van der Waals surface area (Å²) in [6, 6.07) is 5.30. The van der Waals surface area contributed by atoms with Crippen LogP contribution in [-0.4, -0.2) is 49.2 Å². The molecule has 1 atom stereocenters. The number of anilines is 1.